The van der Waals surface area contributed by atoms with Crippen molar-refractivity contribution in [3.63, 3.8) is 0 Å². The fourth-order valence-corrected chi connectivity index (χ4v) is 4.66. The predicted molar refractivity (Wildman–Crippen MR) is 118 cm³/mol. The Hall–Kier alpha value is -2.30. The minimum Gasteiger partial charge on any atom is -0.512 e. The van der Waals surface area contributed by atoms with Crippen LogP contribution in [0.4, 0.5) is 0 Å². The van der Waals surface area contributed by atoms with Crippen LogP contribution in [0.25, 0.3) is 5.57 Å². The minimum atomic E-state index is -0.165. The summed E-state index contributed by atoms with van der Waals surface area (Å²) < 4.78 is 11.5. The zero-order chi connectivity index (χ0) is 21.3. The summed E-state index contributed by atoms with van der Waals surface area (Å²) in [6, 6.07) is 11.3. The minimum absolute atomic E-state index is 0.00544. The van der Waals surface area contributed by atoms with E-state index in [0.717, 1.165) is 36.0 Å². The molecule has 1 saturated heterocycles. The predicted octanol–water partition coefficient (Wildman–Crippen LogP) is 6.43. The van der Waals surface area contributed by atoms with Gasteiger partial charge in [0.2, 0.25) is 0 Å². The molecule has 0 saturated carbocycles. The number of aryl methyl sites for hydroxylation is 2. The van der Waals surface area contributed by atoms with Crippen LogP contribution in [0.15, 0.2) is 42.2 Å². The van der Waals surface area contributed by atoms with Gasteiger partial charge in [-0.3, -0.25) is 4.79 Å². The van der Waals surface area contributed by atoms with E-state index in [1.165, 1.54) is 0 Å². The van der Waals surface area contributed by atoms with E-state index in [2.05, 4.69) is 0 Å². The molecular weight excluding hydrogens is 400 g/mol. The van der Waals surface area contributed by atoms with E-state index in [1.54, 1.807) is 6.07 Å². The molecule has 0 radical (unpaired) electrons. The monoisotopic (exact) mass is 426 g/mol. The zero-order valence-electron chi connectivity index (χ0n) is 17.5. The molecule has 1 aliphatic carbocycles. The molecule has 1 heterocycles. The second kappa shape index (κ2) is 8.44. The number of halogens is 1. The van der Waals surface area contributed by atoms with Gasteiger partial charge in [-0.2, -0.15) is 0 Å². The van der Waals surface area contributed by atoms with E-state index in [-0.39, 0.29) is 17.0 Å². The van der Waals surface area contributed by atoms with Crippen LogP contribution in [-0.2, 0) is 16.0 Å². The highest BCUT2D eigenvalue weighted by atomic mass is 35.5. The van der Waals surface area contributed by atoms with E-state index in [9.17, 15) is 9.90 Å². The lowest BCUT2D eigenvalue weighted by Crippen LogP contribution is -2.36. The Balaban J connectivity index is 1.68. The van der Waals surface area contributed by atoms with Crippen molar-refractivity contribution in [1.82, 2.24) is 0 Å². The third-order valence-electron chi connectivity index (χ3n) is 6.31. The van der Waals surface area contributed by atoms with Crippen molar-refractivity contribution in [2.45, 2.75) is 46.0 Å². The summed E-state index contributed by atoms with van der Waals surface area (Å²) in [5, 5.41) is 11.6. The fraction of sp³-hybridized carbons (Fsp3) is 0.400. The van der Waals surface area contributed by atoms with Gasteiger partial charge in [-0.25, -0.2) is 0 Å². The molecule has 1 aliphatic heterocycles. The molecule has 2 aromatic rings. The lowest BCUT2D eigenvalue weighted by atomic mass is 9.67. The number of ether oxygens (including phenoxy) is 2. The van der Waals surface area contributed by atoms with Crippen LogP contribution in [0.3, 0.4) is 0 Å². The van der Waals surface area contributed by atoms with Crippen molar-refractivity contribution in [1.29, 1.82) is 0 Å². The topological polar surface area (TPSA) is 55.8 Å². The summed E-state index contributed by atoms with van der Waals surface area (Å²) in [4.78, 5) is 13.2. The Morgan fingerprint density at radius 2 is 1.80 bits per heavy atom. The number of rotatable bonds is 4. The Labute approximate surface area is 182 Å². The van der Waals surface area contributed by atoms with Crippen LogP contribution >= 0.6 is 11.6 Å². The molecule has 0 aromatic heterocycles. The van der Waals surface area contributed by atoms with Crippen molar-refractivity contribution >= 4 is 23.0 Å². The average Bonchev–Trinajstić information content (AvgIpc) is 2.71. The van der Waals surface area contributed by atoms with Crippen molar-refractivity contribution < 1.29 is 19.4 Å². The number of carbonyl (C=O) groups is 1. The Kier molecular flexibility index (Phi) is 5.90. The number of Topliss-reactive ketones (excluding diaryl/α,β-unsaturated/α-hetero) is 1. The molecule has 1 spiro atoms. The maximum Gasteiger partial charge on any atom is 0.167 e. The van der Waals surface area contributed by atoms with Gasteiger partial charge in [0.25, 0.3) is 0 Å². The third kappa shape index (κ3) is 4.12. The van der Waals surface area contributed by atoms with Gasteiger partial charge in [0.15, 0.2) is 5.78 Å². The van der Waals surface area contributed by atoms with Gasteiger partial charge < -0.3 is 14.6 Å². The molecule has 2 aromatic carbocycles. The molecule has 1 N–H and O–H groups in total. The standard InChI is InChI=1S/C25H27ClO4/c1-3-17-5-7-18(30-19-6-4-16(2)21(26)13-19)12-20(17)24-22(27)14-25(15-23(24)28)8-10-29-11-9-25/h4-7,12-13,27H,3,8-11,14-15H2,1-2H3. The first-order chi connectivity index (χ1) is 14.4. The Bertz CT molecular complexity index is 1000. The SMILES string of the molecule is CCc1ccc(Oc2ccc(C)c(Cl)c2)cc1C1=C(O)CC2(CCOCC2)CC1=O. The van der Waals surface area contributed by atoms with E-state index < -0.39 is 0 Å². The number of aliphatic hydroxyl groups excluding tert-OH is 1. The second-order valence-corrected chi connectivity index (χ2v) is 8.80. The van der Waals surface area contributed by atoms with Crippen molar-refractivity contribution in [2.24, 2.45) is 5.41 Å². The summed E-state index contributed by atoms with van der Waals surface area (Å²) >= 11 is 6.22. The average molecular weight is 427 g/mol. The summed E-state index contributed by atoms with van der Waals surface area (Å²) in [7, 11) is 0. The molecule has 5 heteroatoms. The summed E-state index contributed by atoms with van der Waals surface area (Å²) in [5.74, 6) is 1.45. The zero-order valence-corrected chi connectivity index (χ0v) is 18.2. The van der Waals surface area contributed by atoms with Gasteiger partial charge in [-0.1, -0.05) is 30.7 Å². The van der Waals surface area contributed by atoms with Gasteiger partial charge in [0.1, 0.15) is 17.3 Å². The van der Waals surface area contributed by atoms with Gasteiger partial charge in [0.05, 0.1) is 5.57 Å². The molecule has 0 amide bonds. The molecule has 0 unspecified atom stereocenters. The van der Waals surface area contributed by atoms with Crippen molar-refractivity contribution in [2.75, 3.05) is 13.2 Å². The Morgan fingerprint density at radius 3 is 2.47 bits per heavy atom. The first-order valence-electron chi connectivity index (χ1n) is 10.5. The summed E-state index contributed by atoms with van der Waals surface area (Å²) in [5.41, 5.74) is 3.04. The summed E-state index contributed by atoms with van der Waals surface area (Å²) in [6.45, 7) is 5.29. The van der Waals surface area contributed by atoms with E-state index in [0.29, 0.717) is 48.2 Å². The number of benzene rings is 2. The molecule has 158 valence electrons. The number of carbonyl (C=O) groups excluding carboxylic acids is 1. The lowest BCUT2D eigenvalue weighted by Gasteiger charge is -2.39. The first kappa shape index (κ1) is 21.0. The number of hydrogen-bond acceptors (Lipinski definition) is 4. The van der Waals surface area contributed by atoms with Crippen molar-refractivity contribution in [3.8, 4) is 11.5 Å². The molecule has 4 rings (SSSR count). The highest BCUT2D eigenvalue weighted by Crippen LogP contribution is 2.47. The molecule has 0 atom stereocenters. The number of hydrogen-bond donors (Lipinski definition) is 1. The van der Waals surface area contributed by atoms with Crippen LogP contribution in [0.2, 0.25) is 5.02 Å². The maximum absolute atomic E-state index is 13.2. The first-order valence-corrected chi connectivity index (χ1v) is 10.9. The number of ketones is 1. The van der Waals surface area contributed by atoms with Crippen LogP contribution in [0.5, 0.6) is 11.5 Å². The molecular formula is C25H27ClO4. The number of aliphatic hydroxyl groups is 1. The molecule has 2 aliphatic rings. The van der Waals surface area contributed by atoms with Gasteiger partial charge in [0, 0.05) is 31.1 Å². The maximum atomic E-state index is 13.2. The van der Waals surface area contributed by atoms with Crippen molar-refractivity contribution in [3.05, 3.63) is 63.9 Å². The largest absolute Gasteiger partial charge is 0.512 e. The van der Waals surface area contributed by atoms with Crippen LogP contribution in [0.1, 0.15) is 49.3 Å². The van der Waals surface area contributed by atoms with E-state index in [4.69, 9.17) is 21.1 Å². The smallest absolute Gasteiger partial charge is 0.167 e. The summed E-state index contributed by atoms with van der Waals surface area (Å²) in [6.07, 6.45) is 3.37. The van der Waals surface area contributed by atoms with Crippen LogP contribution in [0, 0.1) is 12.3 Å². The fourth-order valence-electron chi connectivity index (χ4n) is 4.49. The van der Waals surface area contributed by atoms with Crippen LogP contribution in [-0.4, -0.2) is 24.1 Å². The highest BCUT2D eigenvalue weighted by Gasteiger charge is 2.41. The van der Waals surface area contributed by atoms with Gasteiger partial charge >= 0.3 is 0 Å². The molecule has 4 nitrogen and oxygen atoms in total. The molecule has 0 bridgehead atoms. The van der Waals surface area contributed by atoms with E-state index >= 15 is 0 Å². The normalized spacial score (nSPS) is 18.7. The third-order valence-corrected chi connectivity index (χ3v) is 6.72. The highest BCUT2D eigenvalue weighted by molar-refractivity contribution is 6.31. The Morgan fingerprint density at radius 1 is 1.10 bits per heavy atom. The second-order valence-electron chi connectivity index (χ2n) is 8.40. The number of allylic oxidation sites excluding steroid dienone is 2. The van der Waals surface area contributed by atoms with E-state index in [1.807, 2.05) is 44.2 Å². The molecule has 1 fully saturated rings. The lowest BCUT2D eigenvalue weighted by molar-refractivity contribution is -0.118. The van der Waals surface area contributed by atoms with Crippen LogP contribution < -0.4 is 4.74 Å². The molecule has 30 heavy (non-hydrogen) atoms. The quantitative estimate of drug-likeness (QED) is 0.611. The van der Waals surface area contributed by atoms with Gasteiger partial charge in [-0.05, 0) is 72.6 Å². The van der Waals surface area contributed by atoms with Gasteiger partial charge in [-0.15, -0.1) is 0 Å².